The van der Waals surface area contributed by atoms with Gasteiger partial charge in [-0.3, -0.25) is 0 Å². The van der Waals surface area contributed by atoms with Gasteiger partial charge in [0.25, 0.3) is 0 Å². The topological polar surface area (TPSA) is 37.8 Å². The Kier molecular flexibility index (Phi) is 5.07. The highest BCUT2D eigenvalue weighted by molar-refractivity contribution is 5.29. The molecule has 0 saturated carbocycles. The van der Waals surface area contributed by atoms with Crippen LogP contribution in [-0.4, -0.2) is 17.2 Å². The molecule has 3 nitrogen and oxygen atoms in total. The van der Waals surface area contributed by atoms with E-state index >= 15 is 0 Å². The number of hydrogen-bond acceptors (Lipinski definition) is 3. The SMILES string of the molecule is CNC(Cc1ccc(C(C)C)cc1)c1cc(C)nnc1C. The average molecular weight is 283 g/mol. The Hall–Kier alpha value is -1.74. The third-order valence-corrected chi connectivity index (χ3v) is 3.95. The minimum Gasteiger partial charge on any atom is -0.313 e. The molecule has 112 valence electrons. The number of hydrogen-bond donors (Lipinski definition) is 1. The lowest BCUT2D eigenvalue weighted by molar-refractivity contribution is 0.582. The summed E-state index contributed by atoms with van der Waals surface area (Å²) in [5.74, 6) is 0.577. The highest BCUT2D eigenvalue weighted by atomic mass is 15.1. The van der Waals surface area contributed by atoms with E-state index < -0.39 is 0 Å². The smallest absolute Gasteiger partial charge is 0.0648 e. The van der Waals surface area contributed by atoms with Gasteiger partial charge in [-0.1, -0.05) is 38.1 Å². The van der Waals surface area contributed by atoms with Crippen LogP contribution in [0.25, 0.3) is 0 Å². The van der Waals surface area contributed by atoms with Crippen molar-refractivity contribution in [2.24, 2.45) is 0 Å². The fourth-order valence-corrected chi connectivity index (χ4v) is 2.56. The van der Waals surface area contributed by atoms with Crippen LogP contribution >= 0.6 is 0 Å². The van der Waals surface area contributed by atoms with Gasteiger partial charge in [0.05, 0.1) is 11.4 Å². The van der Waals surface area contributed by atoms with Crippen molar-refractivity contribution in [1.29, 1.82) is 0 Å². The maximum Gasteiger partial charge on any atom is 0.0648 e. The molecule has 0 bridgehead atoms. The summed E-state index contributed by atoms with van der Waals surface area (Å²) in [7, 11) is 2.00. The van der Waals surface area contributed by atoms with Crippen molar-refractivity contribution >= 4 is 0 Å². The molecule has 2 aromatic rings. The molecule has 0 fully saturated rings. The van der Waals surface area contributed by atoms with Crippen molar-refractivity contribution in [3.8, 4) is 0 Å². The lowest BCUT2D eigenvalue weighted by Crippen LogP contribution is -2.20. The number of aromatic nitrogens is 2. The molecular formula is C18H25N3. The second-order valence-corrected chi connectivity index (χ2v) is 5.97. The van der Waals surface area contributed by atoms with Crippen molar-refractivity contribution in [1.82, 2.24) is 15.5 Å². The van der Waals surface area contributed by atoms with Crippen LogP contribution in [0.5, 0.6) is 0 Å². The van der Waals surface area contributed by atoms with Gasteiger partial charge in [0, 0.05) is 6.04 Å². The zero-order valence-corrected chi connectivity index (χ0v) is 13.6. The number of benzene rings is 1. The molecule has 0 spiro atoms. The fourth-order valence-electron chi connectivity index (χ4n) is 2.56. The molecule has 0 saturated heterocycles. The van der Waals surface area contributed by atoms with E-state index in [0.29, 0.717) is 5.92 Å². The predicted octanol–water partition coefficient (Wildman–Crippen LogP) is 3.72. The van der Waals surface area contributed by atoms with E-state index in [9.17, 15) is 0 Å². The first-order valence-electron chi connectivity index (χ1n) is 7.58. The normalized spacial score (nSPS) is 12.7. The van der Waals surface area contributed by atoms with E-state index in [1.165, 1.54) is 16.7 Å². The van der Waals surface area contributed by atoms with E-state index in [1.54, 1.807) is 0 Å². The summed E-state index contributed by atoms with van der Waals surface area (Å²) >= 11 is 0. The highest BCUT2D eigenvalue weighted by Crippen LogP contribution is 2.22. The second-order valence-electron chi connectivity index (χ2n) is 5.97. The van der Waals surface area contributed by atoms with Gasteiger partial charge >= 0.3 is 0 Å². The standard InChI is InChI=1S/C18H25N3/c1-12(2)16-8-6-15(7-9-16)11-18(19-5)17-10-13(3)20-21-14(17)4/h6-10,12,18-19H,11H2,1-5H3. The number of likely N-dealkylation sites (N-methyl/N-ethyl adjacent to an activating group) is 1. The Bertz CT molecular complexity index is 588. The van der Waals surface area contributed by atoms with Gasteiger partial charge in [-0.2, -0.15) is 10.2 Å². The van der Waals surface area contributed by atoms with Gasteiger partial charge in [-0.25, -0.2) is 0 Å². The van der Waals surface area contributed by atoms with Crippen LogP contribution in [0.4, 0.5) is 0 Å². The van der Waals surface area contributed by atoms with Crippen molar-refractivity contribution < 1.29 is 0 Å². The minimum absolute atomic E-state index is 0.268. The summed E-state index contributed by atoms with van der Waals surface area (Å²) in [5, 5.41) is 11.8. The highest BCUT2D eigenvalue weighted by Gasteiger charge is 2.14. The van der Waals surface area contributed by atoms with Crippen LogP contribution in [0.15, 0.2) is 30.3 Å². The monoisotopic (exact) mass is 283 g/mol. The Labute approximate surface area is 127 Å². The zero-order chi connectivity index (χ0) is 15.4. The maximum atomic E-state index is 4.24. The van der Waals surface area contributed by atoms with Gasteiger partial charge < -0.3 is 5.32 Å². The summed E-state index contributed by atoms with van der Waals surface area (Å²) in [6.45, 7) is 8.45. The first kappa shape index (κ1) is 15.6. The summed E-state index contributed by atoms with van der Waals surface area (Å²) in [5.41, 5.74) is 5.92. The summed E-state index contributed by atoms with van der Waals surface area (Å²) < 4.78 is 0. The third-order valence-electron chi connectivity index (χ3n) is 3.95. The molecule has 1 aromatic carbocycles. The predicted molar refractivity (Wildman–Crippen MR) is 87.5 cm³/mol. The first-order chi connectivity index (χ1) is 10.0. The third kappa shape index (κ3) is 3.88. The molecule has 2 rings (SSSR count). The van der Waals surface area contributed by atoms with E-state index in [4.69, 9.17) is 0 Å². The summed E-state index contributed by atoms with van der Waals surface area (Å²) in [4.78, 5) is 0. The molecular weight excluding hydrogens is 258 g/mol. The van der Waals surface area contributed by atoms with Crippen LogP contribution < -0.4 is 5.32 Å². The van der Waals surface area contributed by atoms with Crippen LogP contribution in [0, 0.1) is 13.8 Å². The number of nitrogens with one attached hydrogen (secondary N) is 1. The number of aryl methyl sites for hydroxylation is 2. The molecule has 1 aromatic heterocycles. The number of rotatable bonds is 5. The molecule has 0 amide bonds. The zero-order valence-electron chi connectivity index (χ0n) is 13.6. The van der Waals surface area contributed by atoms with E-state index in [1.807, 2.05) is 20.9 Å². The second kappa shape index (κ2) is 6.81. The Balaban J connectivity index is 2.20. The van der Waals surface area contributed by atoms with E-state index in [-0.39, 0.29) is 6.04 Å². The van der Waals surface area contributed by atoms with Gasteiger partial charge in [0.15, 0.2) is 0 Å². The molecule has 1 unspecified atom stereocenters. The lowest BCUT2D eigenvalue weighted by atomic mass is 9.95. The summed E-state index contributed by atoms with van der Waals surface area (Å²) in [6, 6.07) is 11.3. The fraction of sp³-hybridized carbons (Fsp3) is 0.444. The molecule has 1 N–H and O–H groups in total. The Morgan fingerprint density at radius 1 is 1.05 bits per heavy atom. The lowest BCUT2D eigenvalue weighted by Gasteiger charge is -2.19. The van der Waals surface area contributed by atoms with Crippen molar-refractivity contribution in [2.45, 2.75) is 46.1 Å². The average Bonchev–Trinajstić information content (AvgIpc) is 2.48. The molecule has 0 radical (unpaired) electrons. The van der Waals surface area contributed by atoms with E-state index in [0.717, 1.165) is 17.8 Å². The van der Waals surface area contributed by atoms with Crippen molar-refractivity contribution in [3.63, 3.8) is 0 Å². The largest absolute Gasteiger partial charge is 0.313 e. The Morgan fingerprint density at radius 3 is 2.29 bits per heavy atom. The first-order valence-corrected chi connectivity index (χ1v) is 7.58. The van der Waals surface area contributed by atoms with Gasteiger partial charge in [0.2, 0.25) is 0 Å². The van der Waals surface area contributed by atoms with Crippen LogP contribution in [0.3, 0.4) is 0 Å². The molecule has 3 heteroatoms. The van der Waals surface area contributed by atoms with Crippen molar-refractivity contribution in [2.75, 3.05) is 7.05 Å². The molecule has 0 aliphatic rings. The van der Waals surface area contributed by atoms with Crippen molar-refractivity contribution in [3.05, 3.63) is 58.4 Å². The molecule has 1 atom stereocenters. The van der Waals surface area contributed by atoms with Gasteiger partial charge in [-0.15, -0.1) is 0 Å². The van der Waals surface area contributed by atoms with Gasteiger partial charge in [-0.05, 0) is 56.0 Å². The van der Waals surface area contributed by atoms with E-state index in [2.05, 4.69) is 59.7 Å². The quantitative estimate of drug-likeness (QED) is 0.908. The Morgan fingerprint density at radius 2 is 1.71 bits per heavy atom. The molecule has 0 aliphatic heterocycles. The summed E-state index contributed by atoms with van der Waals surface area (Å²) in [6.07, 6.45) is 0.959. The molecule has 0 aliphatic carbocycles. The maximum absolute atomic E-state index is 4.24. The molecule has 1 heterocycles. The van der Waals surface area contributed by atoms with Crippen LogP contribution in [-0.2, 0) is 6.42 Å². The molecule has 21 heavy (non-hydrogen) atoms. The van der Waals surface area contributed by atoms with Gasteiger partial charge in [0.1, 0.15) is 0 Å². The minimum atomic E-state index is 0.268. The number of nitrogens with zero attached hydrogens (tertiary/aromatic N) is 2. The van der Waals surface area contributed by atoms with Crippen LogP contribution in [0.2, 0.25) is 0 Å². The van der Waals surface area contributed by atoms with Crippen LogP contribution in [0.1, 0.15) is 53.9 Å².